The van der Waals surface area contributed by atoms with E-state index in [1.54, 1.807) is 4.90 Å². The number of carbonyl (C=O) groups excluding carboxylic acids is 2. The molecular formula is C26H24N4O4S2. The Morgan fingerprint density at radius 2 is 1.72 bits per heavy atom. The van der Waals surface area contributed by atoms with Gasteiger partial charge in [-0.1, -0.05) is 24.3 Å². The maximum atomic E-state index is 13.2. The summed E-state index contributed by atoms with van der Waals surface area (Å²) in [6.07, 6.45) is 1.23. The first-order valence-electron chi connectivity index (χ1n) is 11.6. The van der Waals surface area contributed by atoms with E-state index in [0.717, 1.165) is 21.6 Å². The number of fused-ring (bicyclic) bond motifs is 2. The Morgan fingerprint density at radius 3 is 2.42 bits per heavy atom. The molecule has 3 heterocycles. The van der Waals surface area contributed by atoms with Crippen LogP contribution in [0.4, 0.5) is 5.00 Å². The number of thiophene rings is 1. The van der Waals surface area contributed by atoms with Gasteiger partial charge in [-0.25, -0.2) is 8.42 Å². The molecule has 0 radical (unpaired) electrons. The summed E-state index contributed by atoms with van der Waals surface area (Å²) in [6, 6.07) is 15.9. The van der Waals surface area contributed by atoms with E-state index in [2.05, 4.69) is 11.4 Å². The summed E-state index contributed by atoms with van der Waals surface area (Å²) in [5.74, 6) is -0.452. The van der Waals surface area contributed by atoms with Crippen LogP contribution in [0.15, 0.2) is 53.4 Å². The number of benzene rings is 2. The number of carbonyl (C=O) groups is 2. The van der Waals surface area contributed by atoms with Crippen LogP contribution < -0.4 is 5.32 Å². The number of sulfonamides is 1. The first kappa shape index (κ1) is 24.2. The molecule has 1 N–H and O–H groups in total. The van der Waals surface area contributed by atoms with E-state index < -0.39 is 15.9 Å². The molecule has 0 saturated heterocycles. The molecule has 0 atom stereocenters. The molecule has 8 nitrogen and oxygen atoms in total. The average Bonchev–Trinajstić information content (AvgIpc) is 3.24. The summed E-state index contributed by atoms with van der Waals surface area (Å²) >= 11 is 1.30. The lowest BCUT2D eigenvalue weighted by atomic mass is 10.0. The zero-order valence-corrected chi connectivity index (χ0v) is 21.3. The summed E-state index contributed by atoms with van der Waals surface area (Å²) in [5.41, 5.74) is 3.76. The van der Waals surface area contributed by atoms with E-state index in [0.29, 0.717) is 55.1 Å². The quantitative estimate of drug-likeness (QED) is 0.566. The van der Waals surface area contributed by atoms with Crippen LogP contribution in [0.3, 0.4) is 0 Å². The van der Waals surface area contributed by atoms with Crippen LogP contribution in [0.5, 0.6) is 0 Å². The smallest absolute Gasteiger partial charge is 0.256 e. The molecule has 0 saturated carbocycles. The SMILES string of the molecule is CC(=O)N1CCc2c(sc(NC(=O)c3ccc(S(=O)(=O)N4CCc5ccccc5C4)cc3)c2C#N)C1. The van der Waals surface area contributed by atoms with E-state index in [-0.39, 0.29) is 10.8 Å². The molecule has 2 amide bonds. The van der Waals surface area contributed by atoms with E-state index >= 15 is 0 Å². The number of anilines is 1. The first-order chi connectivity index (χ1) is 17.3. The van der Waals surface area contributed by atoms with Crippen LogP contribution in [0.25, 0.3) is 0 Å². The van der Waals surface area contributed by atoms with Crippen molar-refractivity contribution < 1.29 is 18.0 Å². The Morgan fingerprint density at radius 1 is 1.00 bits per heavy atom. The lowest BCUT2D eigenvalue weighted by Crippen LogP contribution is -2.35. The standard InChI is InChI=1S/C26H24N4O4S2/c1-17(31)29-12-11-22-23(14-27)26(35-24(22)16-29)28-25(32)19-6-8-21(9-7-19)36(33,34)30-13-10-18-4-2-3-5-20(18)15-30/h2-9H,10-13,15-16H2,1H3,(H,28,32). The fourth-order valence-corrected chi connectivity index (χ4v) is 7.28. The van der Waals surface area contributed by atoms with Gasteiger partial charge in [0.2, 0.25) is 15.9 Å². The first-order valence-corrected chi connectivity index (χ1v) is 13.8. The number of hydrogen-bond donors (Lipinski definition) is 1. The molecule has 0 aliphatic carbocycles. The van der Waals surface area contributed by atoms with Crippen LogP contribution in [0, 0.1) is 11.3 Å². The minimum absolute atomic E-state index is 0.0260. The van der Waals surface area contributed by atoms with Gasteiger partial charge in [0.15, 0.2) is 0 Å². The van der Waals surface area contributed by atoms with Gasteiger partial charge in [-0.3, -0.25) is 9.59 Å². The molecule has 184 valence electrons. The van der Waals surface area contributed by atoms with Crippen LogP contribution in [-0.4, -0.2) is 42.5 Å². The van der Waals surface area contributed by atoms with Crippen LogP contribution in [-0.2, 0) is 40.7 Å². The lowest BCUT2D eigenvalue weighted by molar-refractivity contribution is -0.129. The highest BCUT2D eigenvalue weighted by molar-refractivity contribution is 7.89. The zero-order valence-electron chi connectivity index (χ0n) is 19.7. The fraction of sp³-hybridized carbons (Fsp3) is 0.269. The van der Waals surface area contributed by atoms with E-state index in [4.69, 9.17) is 0 Å². The van der Waals surface area contributed by atoms with Gasteiger partial charge in [-0.15, -0.1) is 11.3 Å². The van der Waals surface area contributed by atoms with Crippen molar-refractivity contribution in [1.29, 1.82) is 5.26 Å². The van der Waals surface area contributed by atoms with E-state index in [1.807, 2.05) is 24.3 Å². The molecule has 10 heteroatoms. The van der Waals surface area contributed by atoms with Gasteiger partial charge >= 0.3 is 0 Å². The molecule has 2 aromatic carbocycles. The highest BCUT2D eigenvalue weighted by Gasteiger charge is 2.29. The van der Waals surface area contributed by atoms with Gasteiger partial charge in [0.1, 0.15) is 11.1 Å². The largest absolute Gasteiger partial charge is 0.337 e. The normalized spacial score (nSPS) is 15.5. The van der Waals surface area contributed by atoms with Crippen molar-refractivity contribution in [2.75, 3.05) is 18.4 Å². The molecule has 5 rings (SSSR count). The maximum absolute atomic E-state index is 13.2. The van der Waals surface area contributed by atoms with Gasteiger partial charge in [0.05, 0.1) is 17.0 Å². The Kier molecular flexibility index (Phi) is 6.38. The van der Waals surface area contributed by atoms with Crippen molar-refractivity contribution in [2.45, 2.75) is 37.8 Å². The maximum Gasteiger partial charge on any atom is 0.256 e. The Bertz CT molecular complexity index is 1500. The second-order valence-corrected chi connectivity index (χ2v) is 11.9. The summed E-state index contributed by atoms with van der Waals surface area (Å²) in [7, 11) is -3.70. The molecule has 0 unspecified atom stereocenters. The number of nitrogens with zero attached hydrogens (tertiary/aromatic N) is 3. The van der Waals surface area contributed by atoms with Crippen molar-refractivity contribution in [1.82, 2.24) is 9.21 Å². The van der Waals surface area contributed by atoms with Crippen molar-refractivity contribution in [2.24, 2.45) is 0 Å². The molecular weight excluding hydrogens is 496 g/mol. The Hall–Kier alpha value is -3.52. The molecule has 0 spiro atoms. The number of hydrogen-bond acceptors (Lipinski definition) is 6. The second kappa shape index (κ2) is 9.50. The Balaban J connectivity index is 1.32. The predicted octanol–water partition coefficient (Wildman–Crippen LogP) is 3.52. The molecule has 2 aliphatic rings. The third kappa shape index (κ3) is 4.41. The van der Waals surface area contributed by atoms with Crippen molar-refractivity contribution in [3.8, 4) is 6.07 Å². The van der Waals surface area contributed by atoms with Gasteiger partial charge in [-0.2, -0.15) is 9.57 Å². The monoisotopic (exact) mass is 520 g/mol. The molecule has 0 fully saturated rings. The van der Waals surface area contributed by atoms with Crippen LogP contribution >= 0.6 is 11.3 Å². The molecule has 36 heavy (non-hydrogen) atoms. The number of nitriles is 1. The molecule has 0 bridgehead atoms. The number of rotatable bonds is 4. The number of amides is 2. The van der Waals surface area contributed by atoms with Crippen molar-refractivity contribution >= 4 is 38.2 Å². The zero-order chi connectivity index (χ0) is 25.4. The number of nitrogens with one attached hydrogen (secondary N) is 1. The van der Waals surface area contributed by atoms with Gasteiger partial charge in [-0.05, 0) is 53.8 Å². The summed E-state index contributed by atoms with van der Waals surface area (Å²) in [4.78, 5) is 27.4. The van der Waals surface area contributed by atoms with Crippen molar-refractivity contribution in [3.63, 3.8) is 0 Å². The minimum Gasteiger partial charge on any atom is -0.337 e. The van der Waals surface area contributed by atoms with Gasteiger partial charge < -0.3 is 10.2 Å². The average molecular weight is 521 g/mol. The van der Waals surface area contributed by atoms with Crippen LogP contribution in [0.1, 0.15) is 44.4 Å². The van der Waals surface area contributed by atoms with E-state index in [1.165, 1.54) is 46.8 Å². The second-order valence-electron chi connectivity index (χ2n) is 8.85. The highest BCUT2D eigenvalue weighted by atomic mass is 32.2. The summed E-state index contributed by atoms with van der Waals surface area (Å²) in [6.45, 7) is 3.21. The summed E-state index contributed by atoms with van der Waals surface area (Å²) in [5, 5.41) is 12.9. The molecule has 3 aromatic rings. The van der Waals surface area contributed by atoms with Crippen molar-refractivity contribution in [3.05, 3.63) is 81.2 Å². The Labute approximate surface area is 213 Å². The van der Waals surface area contributed by atoms with Gasteiger partial charge in [0.25, 0.3) is 5.91 Å². The molecule has 2 aliphatic heterocycles. The van der Waals surface area contributed by atoms with Crippen LogP contribution in [0.2, 0.25) is 0 Å². The third-order valence-electron chi connectivity index (χ3n) is 6.69. The topological polar surface area (TPSA) is 111 Å². The van der Waals surface area contributed by atoms with E-state index in [9.17, 15) is 23.3 Å². The fourth-order valence-electron chi connectivity index (χ4n) is 4.66. The van der Waals surface area contributed by atoms with Gasteiger partial charge in [0, 0.05) is 37.0 Å². The summed E-state index contributed by atoms with van der Waals surface area (Å²) < 4.78 is 27.9. The minimum atomic E-state index is -3.70. The predicted molar refractivity (Wildman–Crippen MR) is 136 cm³/mol. The molecule has 1 aromatic heterocycles. The lowest BCUT2D eigenvalue weighted by Gasteiger charge is -2.28. The third-order valence-corrected chi connectivity index (χ3v) is 9.68. The highest BCUT2D eigenvalue weighted by Crippen LogP contribution is 2.37.